The van der Waals surface area contributed by atoms with Gasteiger partial charge in [0.2, 0.25) is 5.88 Å². The molecule has 21 heavy (non-hydrogen) atoms. The number of imidazole rings is 1. The molecule has 0 amide bonds. The van der Waals surface area contributed by atoms with Crippen LogP contribution in [0.2, 0.25) is 0 Å². The van der Waals surface area contributed by atoms with E-state index < -0.39 is 5.56 Å². The predicted molar refractivity (Wildman–Crippen MR) is 78.9 cm³/mol. The zero-order chi connectivity index (χ0) is 15.0. The van der Waals surface area contributed by atoms with Crippen LogP contribution in [-0.4, -0.2) is 24.6 Å². The summed E-state index contributed by atoms with van der Waals surface area (Å²) in [6.45, 7) is 1.88. The maximum Gasteiger partial charge on any atom is 0.263 e. The lowest BCUT2D eigenvalue weighted by Gasteiger charge is -2.08. The molecule has 0 saturated heterocycles. The first-order valence-electron chi connectivity index (χ1n) is 6.45. The second-order valence-electron chi connectivity index (χ2n) is 4.79. The normalized spacial score (nSPS) is 10.8. The van der Waals surface area contributed by atoms with Crippen molar-refractivity contribution in [2.75, 3.05) is 0 Å². The van der Waals surface area contributed by atoms with Crippen LogP contribution in [0.5, 0.6) is 5.88 Å². The Morgan fingerprint density at radius 2 is 2.05 bits per heavy atom. The summed E-state index contributed by atoms with van der Waals surface area (Å²) in [5.74, 6) is 0.423. The number of benzene rings is 1. The van der Waals surface area contributed by atoms with Gasteiger partial charge in [-0.15, -0.1) is 0 Å². The van der Waals surface area contributed by atoms with Gasteiger partial charge in [-0.2, -0.15) is 4.98 Å². The van der Waals surface area contributed by atoms with E-state index in [0.29, 0.717) is 11.4 Å². The molecular formula is C15H14N4O2. The number of nitrogens with zero attached hydrogens (tertiary/aromatic N) is 3. The van der Waals surface area contributed by atoms with Crippen molar-refractivity contribution < 1.29 is 5.11 Å². The van der Waals surface area contributed by atoms with Gasteiger partial charge < -0.3 is 14.7 Å². The summed E-state index contributed by atoms with van der Waals surface area (Å²) in [4.78, 5) is 23.2. The Morgan fingerprint density at radius 1 is 1.29 bits per heavy atom. The molecule has 6 nitrogen and oxygen atoms in total. The average molecular weight is 282 g/mol. The van der Waals surface area contributed by atoms with E-state index in [1.807, 2.05) is 25.1 Å². The third-order valence-electron chi connectivity index (χ3n) is 3.35. The standard InChI is InChI=1S/C15H14N4O2/c1-9-5-3-4-6-10(9)11-14(20)17-12(18-15(11)21)13-16-7-8-19(13)2/h3-8H,1-2H3,(H2,17,18,20,21). The number of nitrogens with one attached hydrogen (secondary N) is 1. The molecule has 0 saturated carbocycles. The SMILES string of the molecule is Cc1ccccc1-c1c(O)nc(-c2nccn2C)[nH]c1=O. The Morgan fingerprint density at radius 3 is 2.67 bits per heavy atom. The molecule has 0 fully saturated rings. The summed E-state index contributed by atoms with van der Waals surface area (Å²) >= 11 is 0. The Labute approximate surface area is 120 Å². The second kappa shape index (κ2) is 4.90. The monoisotopic (exact) mass is 282 g/mol. The number of aromatic hydroxyl groups is 1. The van der Waals surface area contributed by atoms with Crippen molar-refractivity contribution >= 4 is 0 Å². The van der Waals surface area contributed by atoms with Crippen LogP contribution in [0.4, 0.5) is 0 Å². The van der Waals surface area contributed by atoms with Crippen molar-refractivity contribution in [2.24, 2.45) is 7.05 Å². The molecule has 0 aliphatic rings. The van der Waals surface area contributed by atoms with Crippen LogP contribution in [0.1, 0.15) is 5.56 Å². The van der Waals surface area contributed by atoms with Gasteiger partial charge in [-0.3, -0.25) is 4.79 Å². The minimum atomic E-state index is -0.394. The molecule has 0 aliphatic heterocycles. The third-order valence-corrected chi connectivity index (χ3v) is 3.35. The lowest BCUT2D eigenvalue weighted by atomic mass is 10.0. The molecule has 0 bridgehead atoms. The van der Waals surface area contributed by atoms with E-state index >= 15 is 0 Å². The van der Waals surface area contributed by atoms with Gasteiger partial charge in [0.05, 0.1) is 0 Å². The highest BCUT2D eigenvalue weighted by atomic mass is 16.3. The minimum Gasteiger partial charge on any atom is -0.493 e. The quantitative estimate of drug-likeness (QED) is 0.751. The molecule has 0 radical (unpaired) electrons. The van der Waals surface area contributed by atoms with E-state index in [1.54, 1.807) is 30.1 Å². The second-order valence-corrected chi connectivity index (χ2v) is 4.79. The lowest BCUT2D eigenvalue weighted by molar-refractivity contribution is 0.454. The molecule has 2 aromatic heterocycles. The molecule has 3 rings (SSSR count). The van der Waals surface area contributed by atoms with E-state index in [2.05, 4.69) is 15.0 Å². The molecule has 2 N–H and O–H groups in total. The molecule has 2 heterocycles. The van der Waals surface area contributed by atoms with Gasteiger partial charge in [-0.1, -0.05) is 24.3 Å². The molecule has 3 aromatic rings. The predicted octanol–water partition coefficient (Wildman–Crippen LogP) is 1.85. The molecule has 0 unspecified atom stereocenters. The van der Waals surface area contributed by atoms with Crippen molar-refractivity contribution in [3.05, 3.63) is 52.6 Å². The smallest absolute Gasteiger partial charge is 0.263 e. The number of hydrogen-bond acceptors (Lipinski definition) is 4. The Balaban J connectivity index is 2.21. The highest BCUT2D eigenvalue weighted by molar-refractivity contribution is 5.71. The van der Waals surface area contributed by atoms with Gasteiger partial charge in [-0.25, -0.2) is 4.98 Å². The lowest BCUT2D eigenvalue weighted by Crippen LogP contribution is -2.13. The summed E-state index contributed by atoms with van der Waals surface area (Å²) in [6.07, 6.45) is 3.34. The van der Waals surface area contributed by atoms with Gasteiger partial charge in [0.25, 0.3) is 5.56 Å². The fraction of sp³-hybridized carbons (Fsp3) is 0.133. The highest BCUT2D eigenvalue weighted by Gasteiger charge is 2.16. The summed E-state index contributed by atoms with van der Waals surface area (Å²) in [5, 5.41) is 10.2. The first-order chi connectivity index (χ1) is 10.1. The fourth-order valence-corrected chi connectivity index (χ4v) is 2.26. The van der Waals surface area contributed by atoms with Crippen molar-refractivity contribution in [1.29, 1.82) is 0 Å². The maximum atomic E-state index is 12.3. The molecule has 0 spiro atoms. The van der Waals surface area contributed by atoms with Crippen LogP contribution < -0.4 is 5.56 Å². The van der Waals surface area contributed by atoms with Crippen LogP contribution >= 0.6 is 0 Å². The summed E-state index contributed by atoms with van der Waals surface area (Å²) in [7, 11) is 1.79. The topological polar surface area (TPSA) is 83.8 Å². The number of hydrogen-bond donors (Lipinski definition) is 2. The van der Waals surface area contributed by atoms with Crippen molar-refractivity contribution in [3.8, 4) is 28.7 Å². The average Bonchev–Trinajstić information content (AvgIpc) is 2.86. The largest absolute Gasteiger partial charge is 0.493 e. The Bertz CT molecular complexity index is 864. The number of aryl methyl sites for hydroxylation is 2. The van der Waals surface area contributed by atoms with Crippen LogP contribution in [0, 0.1) is 6.92 Å². The van der Waals surface area contributed by atoms with Gasteiger partial charge in [0, 0.05) is 19.4 Å². The van der Waals surface area contributed by atoms with Crippen LogP contribution in [0.3, 0.4) is 0 Å². The van der Waals surface area contributed by atoms with E-state index in [-0.39, 0.29) is 17.3 Å². The zero-order valence-corrected chi connectivity index (χ0v) is 11.7. The Kier molecular flexibility index (Phi) is 3.06. The molecular weight excluding hydrogens is 268 g/mol. The number of aromatic nitrogens is 4. The summed E-state index contributed by atoms with van der Waals surface area (Å²) < 4.78 is 1.71. The van der Waals surface area contributed by atoms with Crippen molar-refractivity contribution in [3.63, 3.8) is 0 Å². The highest BCUT2D eigenvalue weighted by Crippen LogP contribution is 2.27. The van der Waals surface area contributed by atoms with E-state index in [1.165, 1.54) is 0 Å². The first kappa shape index (κ1) is 13.1. The third kappa shape index (κ3) is 2.20. The molecule has 106 valence electrons. The van der Waals surface area contributed by atoms with E-state index in [4.69, 9.17) is 0 Å². The van der Waals surface area contributed by atoms with Crippen molar-refractivity contribution in [2.45, 2.75) is 6.92 Å². The van der Waals surface area contributed by atoms with Crippen molar-refractivity contribution in [1.82, 2.24) is 19.5 Å². The molecule has 0 atom stereocenters. The number of rotatable bonds is 2. The van der Waals surface area contributed by atoms with Gasteiger partial charge in [-0.05, 0) is 18.1 Å². The summed E-state index contributed by atoms with van der Waals surface area (Å²) in [6, 6.07) is 7.34. The maximum absolute atomic E-state index is 12.3. The first-order valence-corrected chi connectivity index (χ1v) is 6.45. The molecule has 0 aliphatic carbocycles. The molecule has 1 aromatic carbocycles. The minimum absolute atomic E-state index is 0.172. The van der Waals surface area contributed by atoms with Gasteiger partial charge in [0.15, 0.2) is 11.6 Å². The fourth-order valence-electron chi connectivity index (χ4n) is 2.26. The number of aromatic amines is 1. The van der Waals surface area contributed by atoms with Gasteiger partial charge >= 0.3 is 0 Å². The summed E-state index contributed by atoms with van der Waals surface area (Å²) in [5.41, 5.74) is 1.33. The van der Waals surface area contributed by atoms with Crippen LogP contribution in [0.25, 0.3) is 22.8 Å². The van der Waals surface area contributed by atoms with Crippen LogP contribution in [0.15, 0.2) is 41.5 Å². The van der Waals surface area contributed by atoms with E-state index in [9.17, 15) is 9.90 Å². The van der Waals surface area contributed by atoms with Crippen LogP contribution in [-0.2, 0) is 7.05 Å². The van der Waals surface area contributed by atoms with Gasteiger partial charge in [0.1, 0.15) is 5.56 Å². The Hall–Kier alpha value is -2.89. The zero-order valence-electron chi connectivity index (χ0n) is 11.7. The molecule has 6 heteroatoms. The number of H-pyrrole nitrogens is 1. The van der Waals surface area contributed by atoms with E-state index in [0.717, 1.165) is 5.56 Å².